The molecule has 2 aromatic carbocycles. The lowest BCUT2D eigenvalue weighted by atomic mass is 10.1. The van der Waals surface area contributed by atoms with Gasteiger partial charge in [0.2, 0.25) is 0 Å². The molecule has 0 fully saturated rings. The van der Waals surface area contributed by atoms with Crippen molar-refractivity contribution in [2.75, 3.05) is 5.73 Å². The van der Waals surface area contributed by atoms with Crippen molar-refractivity contribution in [1.82, 2.24) is 9.55 Å². The summed E-state index contributed by atoms with van der Waals surface area (Å²) in [6, 6.07) is 12.2. The van der Waals surface area contributed by atoms with Gasteiger partial charge in [-0.2, -0.15) is 0 Å². The lowest BCUT2D eigenvalue weighted by molar-refractivity contribution is 0.266. The first kappa shape index (κ1) is 13.6. The Labute approximate surface area is 121 Å². The summed E-state index contributed by atoms with van der Waals surface area (Å²) in [7, 11) is 0. The maximum absolute atomic E-state index is 13.7. The third-order valence-corrected chi connectivity index (χ3v) is 3.56. The Bertz CT molecular complexity index is 782. The number of aliphatic hydroxyl groups excluding tert-OH is 1. The second-order valence-corrected chi connectivity index (χ2v) is 4.93. The zero-order chi connectivity index (χ0) is 14.8. The van der Waals surface area contributed by atoms with Gasteiger partial charge in [0.05, 0.1) is 11.0 Å². The number of hydrogen-bond acceptors (Lipinski definition) is 3. The van der Waals surface area contributed by atoms with Crippen molar-refractivity contribution < 1.29 is 9.50 Å². The van der Waals surface area contributed by atoms with Crippen molar-refractivity contribution in [3.8, 4) is 0 Å². The topological polar surface area (TPSA) is 64.1 Å². The van der Waals surface area contributed by atoms with Crippen LogP contribution in [0.4, 0.5) is 10.1 Å². The third kappa shape index (κ3) is 2.60. The number of hydrogen-bond donors (Lipinski definition) is 2. The molecule has 0 saturated heterocycles. The average Bonchev–Trinajstić information content (AvgIpc) is 2.83. The van der Waals surface area contributed by atoms with E-state index in [2.05, 4.69) is 4.98 Å². The zero-order valence-corrected chi connectivity index (χ0v) is 11.5. The summed E-state index contributed by atoms with van der Waals surface area (Å²) in [6.45, 7) is 0.392. The Morgan fingerprint density at radius 1 is 1.19 bits per heavy atom. The summed E-state index contributed by atoms with van der Waals surface area (Å²) in [6.07, 6.45) is 0.537. The molecule has 0 amide bonds. The second-order valence-electron chi connectivity index (χ2n) is 4.93. The van der Waals surface area contributed by atoms with Gasteiger partial charge < -0.3 is 15.4 Å². The summed E-state index contributed by atoms with van der Waals surface area (Å²) in [4.78, 5) is 4.37. The van der Waals surface area contributed by atoms with Gasteiger partial charge in [-0.1, -0.05) is 18.2 Å². The normalized spacial score (nSPS) is 11.1. The molecule has 1 heterocycles. The molecule has 0 saturated carbocycles. The summed E-state index contributed by atoms with van der Waals surface area (Å²) >= 11 is 0. The molecule has 3 rings (SSSR count). The summed E-state index contributed by atoms with van der Waals surface area (Å²) in [5.74, 6) is 0.351. The lowest BCUT2D eigenvalue weighted by Crippen LogP contribution is -2.07. The molecule has 21 heavy (non-hydrogen) atoms. The van der Waals surface area contributed by atoms with E-state index in [-0.39, 0.29) is 12.4 Å². The number of aliphatic hydroxyl groups is 1. The first-order valence-electron chi connectivity index (χ1n) is 6.78. The van der Waals surface area contributed by atoms with Crippen LogP contribution in [0.5, 0.6) is 0 Å². The van der Waals surface area contributed by atoms with Gasteiger partial charge in [-0.3, -0.25) is 0 Å². The van der Waals surface area contributed by atoms with Gasteiger partial charge in [0, 0.05) is 12.2 Å². The van der Waals surface area contributed by atoms with Gasteiger partial charge in [0.1, 0.15) is 18.2 Å². The molecule has 0 aliphatic carbocycles. The molecule has 5 heteroatoms. The highest BCUT2D eigenvalue weighted by Gasteiger charge is 2.11. The van der Waals surface area contributed by atoms with Crippen LogP contribution >= 0.6 is 0 Å². The molecular formula is C16H16FN3O. The summed E-state index contributed by atoms with van der Waals surface area (Å²) < 4.78 is 15.6. The molecule has 3 aromatic rings. The average molecular weight is 285 g/mol. The van der Waals surface area contributed by atoms with Crippen LogP contribution in [0.15, 0.2) is 42.5 Å². The number of benzene rings is 2. The highest BCUT2D eigenvalue weighted by atomic mass is 19.1. The Balaban J connectivity index is 1.94. The van der Waals surface area contributed by atoms with E-state index in [0.29, 0.717) is 30.0 Å². The van der Waals surface area contributed by atoms with Crippen molar-refractivity contribution in [3.63, 3.8) is 0 Å². The number of nitrogens with two attached hydrogens (primary N) is 1. The van der Waals surface area contributed by atoms with E-state index in [1.807, 2.05) is 16.7 Å². The van der Waals surface area contributed by atoms with Crippen molar-refractivity contribution >= 4 is 16.7 Å². The molecule has 0 aliphatic heterocycles. The van der Waals surface area contributed by atoms with Gasteiger partial charge in [-0.15, -0.1) is 0 Å². The molecule has 108 valence electrons. The van der Waals surface area contributed by atoms with E-state index in [9.17, 15) is 9.50 Å². The second kappa shape index (κ2) is 5.54. The van der Waals surface area contributed by atoms with Gasteiger partial charge in [-0.05, 0) is 36.2 Å². The molecule has 1 aromatic heterocycles. The standard InChI is InChI=1S/C16H16FN3O/c17-13-4-2-1-3-11(13)7-8-20-15-6-5-12(18)9-14(15)19-16(20)10-21/h1-6,9,21H,7-8,10,18H2. The quantitative estimate of drug-likeness (QED) is 0.724. The van der Waals surface area contributed by atoms with Crippen LogP contribution in [-0.4, -0.2) is 14.7 Å². The molecule has 0 atom stereocenters. The number of fused-ring (bicyclic) bond motifs is 1. The minimum absolute atomic E-state index is 0.161. The molecule has 0 aliphatic rings. The molecule has 0 radical (unpaired) electrons. The maximum Gasteiger partial charge on any atom is 0.135 e. The molecule has 0 unspecified atom stereocenters. The Morgan fingerprint density at radius 2 is 2.00 bits per heavy atom. The fourth-order valence-corrected chi connectivity index (χ4v) is 2.50. The highest BCUT2D eigenvalue weighted by molar-refractivity contribution is 5.79. The molecule has 0 spiro atoms. The van der Waals surface area contributed by atoms with Crippen molar-refractivity contribution in [2.45, 2.75) is 19.6 Å². The monoisotopic (exact) mass is 285 g/mol. The number of halogens is 1. The van der Waals surface area contributed by atoms with E-state index in [1.54, 1.807) is 24.3 Å². The largest absolute Gasteiger partial charge is 0.399 e. The minimum Gasteiger partial charge on any atom is -0.399 e. The minimum atomic E-state index is -0.211. The number of aryl methyl sites for hydroxylation is 2. The van der Waals surface area contributed by atoms with Crippen molar-refractivity contribution in [3.05, 3.63) is 59.7 Å². The SMILES string of the molecule is Nc1ccc2c(c1)nc(CO)n2CCc1ccccc1F. The van der Waals surface area contributed by atoms with E-state index >= 15 is 0 Å². The van der Waals surface area contributed by atoms with Crippen LogP contribution in [0.3, 0.4) is 0 Å². The lowest BCUT2D eigenvalue weighted by Gasteiger charge is -2.08. The molecular weight excluding hydrogens is 269 g/mol. The van der Waals surface area contributed by atoms with Gasteiger partial charge >= 0.3 is 0 Å². The van der Waals surface area contributed by atoms with Crippen LogP contribution in [0.25, 0.3) is 11.0 Å². The van der Waals surface area contributed by atoms with Crippen LogP contribution < -0.4 is 5.73 Å². The van der Waals surface area contributed by atoms with Crippen molar-refractivity contribution in [1.29, 1.82) is 0 Å². The first-order valence-corrected chi connectivity index (χ1v) is 6.78. The van der Waals surface area contributed by atoms with Crippen LogP contribution in [0.2, 0.25) is 0 Å². The smallest absolute Gasteiger partial charge is 0.135 e. The Kier molecular flexibility index (Phi) is 3.58. The Hall–Kier alpha value is -2.40. The number of imidazole rings is 1. The van der Waals surface area contributed by atoms with Crippen LogP contribution in [0.1, 0.15) is 11.4 Å². The van der Waals surface area contributed by atoms with Crippen LogP contribution in [0, 0.1) is 5.82 Å². The number of nitrogens with zero attached hydrogens (tertiary/aromatic N) is 2. The maximum atomic E-state index is 13.7. The van der Waals surface area contributed by atoms with Crippen molar-refractivity contribution in [2.24, 2.45) is 0 Å². The number of aromatic nitrogens is 2. The van der Waals surface area contributed by atoms with E-state index in [4.69, 9.17) is 5.73 Å². The number of nitrogen functional groups attached to an aromatic ring is 1. The Morgan fingerprint density at radius 3 is 2.76 bits per heavy atom. The number of anilines is 1. The van der Waals surface area contributed by atoms with Gasteiger partial charge in [0.25, 0.3) is 0 Å². The summed E-state index contributed by atoms with van der Waals surface area (Å²) in [5, 5.41) is 9.45. The fourth-order valence-electron chi connectivity index (χ4n) is 2.50. The highest BCUT2D eigenvalue weighted by Crippen LogP contribution is 2.20. The van der Waals surface area contributed by atoms with E-state index in [0.717, 1.165) is 11.0 Å². The molecule has 3 N–H and O–H groups in total. The van der Waals surface area contributed by atoms with Gasteiger partial charge in [-0.25, -0.2) is 9.37 Å². The van der Waals surface area contributed by atoms with E-state index in [1.165, 1.54) is 6.07 Å². The zero-order valence-electron chi connectivity index (χ0n) is 11.5. The first-order chi connectivity index (χ1) is 10.2. The van der Waals surface area contributed by atoms with Gasteiger partial charge in [0.15, 0.2) is 0 Å². The third-order valence-electron chi connectivity index (χ3n) is 3.56. The predicted octanol–water partition coefficient (Wildman–Crippen LogP) is 2.49. The molecule has 4 nitrogen and oxygen atoms in total. The summed E-state index contributed by atoms with van der Waals surface area (Å²) in [5.41, 5.74) is 8.67. The van der Waals surface area contributed by atoms with E-state index < -0.39 is 0 Å². The number of rotatable bonds is 4. The predicted molar refractivity (Wildman–Crippen MR) is 80.2 cm³/mol. The molecule has 0 bridgehead atoms. The fraction of sp³-hybridized carbons (Fsp3) is 0.188. The van der Waals surface area contributed by atoms with Crippen LogP contribution in [-0.2, 0) is 19.6 Å².